The van der Waals surface area contributed by atoms with Gasteiger partial charge in [-0.05, 0) is 38.0 Å². The molecule has 0 fully saturated rings. The molecule has 2 N–H and O–H groups in total. The van der Waals surface area contributed by atoms with Crippen LogP contribution in [0.4, 0.5) is 0 Å². The van der Waals surface area contributed by atoms with Gasteiger partial charge in [0.1, 0.15) is 5.82 Å². The molecule has 6 heteroatoms. The normalized spacial score (nSPS) is 11.9. The van der Waals surface area contributed by atoms with Crippen LogP contribution in [-0.4, -0.2) is 32.6 Å². The van der Waals surface area contributed by atoms with Gasteiger partial charge in [-0.3, -0.25) is 9.59 Å². The van der Waals surface area contributed by atoms with Gasteiger partial charge in [-0.15, -0.1) is 0 Å². The van der Waals surface area contributed by atoms with E-state index in [2.05, 4.69) is 16.9 Å². The zero-order valence-electron chi connectivity index (χ0n) is 16.4. The van der Waals surface area contributed by atoms with Crippen molar-refractivity contribution in [3.05, 3.63) is 88.0 Å². The van der Waals surface area contributed by atoms with E-state index >= 15 is 0 Å². The first kappa shape index (κ1) is 20.2. The SMILES string of the molecule is CCCCc1cnc(C)[nH]1.O=C(O)c1ccc2c(c1)C(=O)c1ccccc1C2=O. The minimum absolute atomic E-state index is 0.000666. The Balaban J connectivity index is 0.000000204. The van der Waals surface area contributed by atoms with E-state index in [0.717, 1.165) is 12.2 Å². The van der Waals surface area contributed by atoms with Gasteiger partial charge >= 0.3 is 5.97 Å². The third-order valence-corrected chi connectivity index (χ3v) is 4.73. The molecule has 0 radical (unpaired) electrons. The number of carboxylic acid groups (broad SMARTS) is 1. The molecule has 0 amide bonds. The summed E-state index contributed by atoms with van der Waals surface area (Å²) in [6.45, 7) is 4.18. The summed E-state index contributed by atoms with van der Waals surface area (Å²) >= 11 is 0. The van der Waals surface area contributed by atoms with Crippen molar-refractivity contribution in [1.82, 2.24) is 9.97 Å². The summed E-state index contributed by atoms with van der Waals surface area (Å²) in [4.78, 5) is 42.8. The lowest BCUT2D eigenvalue weighted by Crippen LogP contribution is -2.21. The van der Waals surface area contributed by atoms with Crippen molar-refractivity contribution in [2.75, 3.05) is 0 Å². The second kappa shape index (κ2) is 8.65. The Hall–Kier alpha value is -3.54. The van der Waals surface area contributed by atoms with Gasteiger partial charge in [0.15, 0.2) is 11.6 Å². The lowest BCUT2D eigenvalue weighted by Gasteiger charge is -2.17. The number of nitrogens with one attached hydrogen (secondary N) is 1. The summed E-state index contributed by atoms with van der Waals surface area (Å²) < 4.78 is 0. The number of fused-ring (bicyclic) bond motifs is 2. The number of H-pyrrole nitrogens is 1. The molecule has 3 aromatic rings. The number of aromatic carboxylic acids is 1. The molecular weight excluding hydrogens is 368 g/mol. The quantitative estimate of drug-likeness (QED) is 0.543. The van der Waals surface area contributed by atoms with Crippen molar-refractivity contribution in [3.8, 4) is 0 Å². The average molecular weight is 390 g/mol. The number of hydrogen-bond acceptors (Lipinski definition) is 4. The van der Waals surface area contributed by atoms with Crippen molar-refractivity contribution >= 4 is 17.5 Å². The number of carbonyl (C=O) groups excluding carboxylic acids is 2. The number of aromatic nitrogens is 2. The molecule has 1 aliphatic carbocycles. The van der Waals surface area contributed by atoms with E-state index in [9.17, 15) is 14.4 Å². The maximum absolute atomic E-state index is 12.3. The van der Waals surface area contributed by atoms with E-state index in [1.807, 2.05) is 13.1 Å². The molecule has 6 nitrogen and oxygen atoms in total. The fourth-order valence-electron chi connectivity index (χ4n) is 3.20. The third kappa shape index (κ3) is 4.32. The molecule has 0 spiro atoms. The highest BCUT2D eigenvalue weighted by atomic mass is 16.4. The van der Waals surface area contributed by atoms with Crippen LogP contribution in [0, 0.1) is 6.92 Å². The Morgan fingerprint density at radius 3 is 2.17 bits per heavy atom. The van der Waals surface area contributed by atoms with Gasteiger partial charge in [0.25, 0.3) is 0 Å². The molecule has 29 heavy (non-hydrogen) atoms. The third-order valence-electron chi connectivity index (χ3n) is 4.73. The number of rotatable bonds is 4. The Kier molecular flexibility index (Phi) is 6.02. The topological polar surface area (TPSA) is 100 Å². The number of aryl methyl sites for hydroxylation is 2. The molecule has 0 unspecified atom stereocenters. The van der Waals surface area contributed by atoms with E-state index in [-0.39, 0.29) is 28.3 Å². The summed E-state index contributed by atoms with van der Waals surface area (Å²) in [5.41, 5.74) is 2.36. The van der Waals surface area contributed by atoms with Crippen LogP contribution in [0.3, 0.4) is 0 Å². The zero-order chi connectivity index (χ0) is 21.0. The molecule has 0 saturated carbocycles. The molecule has 2 aromatic carbocycles. The van der Waals surface area contributed by atoms with E-state index < -0.39 is 5.97 Å². The van der Waals surface area contributed by atoms with Crippen molar-refractivity contribution in [3.63, 3.8) is 0 Å². The van der Waals surface area contributed by atoms with Gasteiger partial charge in [0, 0.05) is 34.1 Å². The maximum Gasteiger partial charge on any atom is 0.335 e. The van der Waals surface area contributed by atoms with Gasteiger partial charge in [-0.1, -0.05) is 37.6 Å². The standard InChI is InChI=1S/C15H8O4.C8H14N2/c16-13-9-3-1-2-4-10(9)14(17)12-7-8(15(18)19)5-6-11(12)13;1-3-4-5-8-6-9-7(2)10-8/h1-7H,(H,18,19);6H,3-5H2,1-2H3,(H,9,10). The highest BCUT2D eigenvalue weighted by Crippen LogP contribution is 2.27. The lowest BCUT2D eigenvalue weighted by atomic mass is 9.83. The van der Waals surface area contributed by atoms with E-state index in [1.54, 1.807) is 24.3 Å². The first-order chi connectivity index (χ1) is 13.9. The fraction of sp³-hybridized carbons (Fsp3) is 0.217. The summed E-state index contributed by atoms with van der Waals surface area (Å²) in [5.74, 6) is -0.663. The number of benzene rings is 2. The van der Waals surface area contributed by atoms with Gasteiger partial charge in [-0.25, -0.2) is 9.78 Å². The predicted octanol–water partition coefficient (Wildman–Crippen LogP) is 4.22. The first-order valence-corrected chi connectivity index (χ1v) is 9.48. The number of ketones is 2. The summed E-state index contributed by atoms with van der Waals surface area (Å²) in [7, 11) is 0. The number of carboxylic acids is 1. The zero-order valence-corrected chi connectivity index (χ0v) is 16.4. The van der Waals surface area contributed by atoms with Crippen LogP contribution in [0.2, 0.25) is 0 Å². The monoisotopic (exact) mass is 390 g/mol. The van der Waals surface area contributed by atoms with Crippen LogP contribution in [0.1, 0.15) is 73.5 Å². The molecule has 0 bridgehead atoms. The molecule has 4 rings (SSSR count). The van der Waals surface area contributed by atoms with Crippen LogP contribution >= 0.6 is 0 Å². The molecule has 1 aliphatic rings. The van der Waals surface area contributed by atoms with E-state index in [1.165, 1.54) is 36.7 Å². The summed E-state index contributed by atoms with van der Waals surface area (Å²) in [6.07, 6.45) is 5.56. The van der Waals surface area contributed by atoms with Crippen LogP contribution in [0.5, 0.6) is 0 Å². The smallest absolute Gasteiger partial charge is 0.335 e. The number of nitrogens with zero attached hydrogens (tertiary/aromatic N) is 1. The lowest BCUT2D eigenvalue weighted by molar-refractivity contribution is 0.0696. The molecule has 148 valence electrons. The minimum Gasteiger partial charge on any atom is -0.478 e. The largest absolute Gasteiger partial charge is 0.478 e. The first-order valence-electron chi connectivity index (χ1n) is 9.48. The molecule has 0 aliphatic heterocycles. The van der Waals surface area contributed by atoms with Crippen molar-refractivity contribution in [1.29, 1.82) is 0 Å². The van der Waals surface area contributed by atoms with Gasteiger partial charge in [-0.2, -0.15) is 0 Å². The summed E-state index contributed by atoms with van der Waals surface area (Å²) in [5, 5.41) is 8.94. The molecule has 0 saturated heterocycles. The van der Waals surface area contributed by atoms with E-state index in [4.69, 9.17) is 5.11 Å². The van der Waals surface area contributed by atoms with Crippen LogP contribution in [0.15, 0.2) is 48.7 Å². The minimum atomic E-state index is -1.12. The maximum atomic E-state index is 12.3. The Bertz CT molecular complexity index is 1080. The van der Waals surface area contributed by atoms with Crippen molar-refractivity contribution in [2.24, 2.45) is 0 Å². The Labute approximate surface area is 168 Å². The molecular formula is C23H22N2O4. The fourth-order valence-corrected chi connectivity index (χ4v) is 3.20. The van der Waals surface area contributed by atoms with Gasteiger partial charge in [0.05, 0.1) is 5.56 Å². The molecule has 1 aromatic heterocycles. The number of aromatic amines is 1. The highest BCUT2D eigenvalue weighted by Gasteiger charge is 2.29. The van der Waals surface area contributed by atoms with E-state index in [0.29, 0.717) is 11.1 Å². The van der Waals surface area contributed by atoms with Gasteiger partial charge in [0.2, 0.25) is 0 Å². The number of hydrogen-bond donors (Lipinski definition) is 2. The Morgan fingerprint density at radius 1 is 1.00 bits per heavy atom. The number of imidazole rings is 1. The van der Waals surface area contributed by atoms with Crippen LogP contribution in [0.25, 0.3) is 0 Å². The average Bonchev–Trinajstić information content (AvgIpc) is 3.15. The molecule has 1 heterocycles. The van der Waals surface area contributed by atoms with Crippen molar-refractivity contribution in [2.45, 2.75) is 33.1 Å². The molecule has 0 atom stereocenters. The number of unbranched alkanes of at least 4 members (excludes halogenated alkanes) is 1. The number of carbonyl (C=O) groups is 3. The van der Waals surface area contributed by atoms with Gasteiger partial charge < -0.3 is 10.1 Å². The Morgan fingerprint density at radius 2 is 1.62 bits per heavy atom. The predicted molar refractivity (Wildman–Crippen MR) is 109 cm³/mol. The van der Waals surface area contributed by atoms with Crippen LogP contribution < -0.4 is 0 Å². The van der Waals surface area contributed by atoms with Crippen LogP contribution in [-0.2, 0) is 6.42 Å². The second-order valence-electron chi connectivity index (χ2n) is 6.87. The van der Waals surface area contributed by atoms with Crippen molar-refractivity contribution < 1.29 is 19.5 Å². The highest BCUT2D eigenvalue weighted by molar-refractivity contribution is 6.28. The second-order valence-corrected chi connectivity index (χ2v) is 6.87. The summed E-state index contributed by atoms with van der Waals surface area (Å²) in [6, 6.07) is 10.5.